The monoisotopic (exact) mass is 237 g/mol. The maximum atomic E-state index is 4.27. The second-order valence-corrected chi connectivity index (χ2v) is 5.20. The quantitative estimate of drug-likeness (QED) is 0.609. The predicted molar refractivity (Wildman–Crippen MR) is 68.9 cm³/mol. The topological polar surface area (TPSA) is 37.8 Å². The lowest BCUT2D eigenvalue weighted by Gasteiger charge is -2.17. The number of nitrogens with one attached hydrogen (secondary N) is 1. The molecule has 2 rings (SSSR count). The van der Waals surface area contributed by atoms with Crippen molar-refractivity contribution in [2.45, 2.75) is 43.7 Å². The van der Waals surface area contributed by atoms with E-state index in [1.165, 1.54) is 19.3 Å². The Balaban J connectivity index is 1.94. The zero-order chi connectivity index (χ0) is 11.4. The Morgan fingerprint density at radius 3 is 2.94 bits per heavy atom. The van der Waals surface area contributed by atoms with Gasteiger partial charge in [-0.1, -0.05) is 19.8 Å². The lowest BCUT2D eigenvalue weighted by atomic mass is 10.1. The molecule has 1 aliphatic carbocycles. The fourth-order valence-corrected chi connectivity index (χ4v) is 2.20. The molecule has 0 spiro atoms. The highest BCUT2D eigenvalue weighted by molar-refractivity contribution is 7.98. The first-order valence-corrected chi connectivity index (χ1v) is 7.17. The average molecular weight is 237 g/mol. The van der Waals surface area contributed by atoms with Gasteiger partial charge in [-0.2, -0.15) is 0 Å². The van der Waals surface area contributed by atoms with E-state index in [2.05, 4.69) is 22.2 Å². The van der Waals surface area contributed by atoms with Gasteiger partial charge >= 0.3 is 0 Å². The molecule has 0 saturated heterocycles. The van der Waals surface area contributed by atoms with Crippen LogP contribution in [0.5, 0.6) is 0 Å². The predicted octanol–water partition coefficient (Wildman–Crippen LogP) is 3.19. The first-order valence-electron chi connectivity index (χ1n) is 5.94. The molecule has 0 aromatic carbocycles. The van der Waals surface area contributed by atoms with Gasteiger partial charge in [-0.25, -0.2) is 9.97 Å². The summed E-state index contributed by atoms with van der Waals surface area (Å²) in [6.45, 7) is 2.23. The van der Waals surface area contributed by atoms with Crippen molar-refractivity contribution in [1.29, 1.82) is 0 Å². The molecule has 1 heterocycles. The lowest BCUT2D eigenvalue weighted by molar-refractivity contribution is 0.584. The van der Waals surface area contributed by atoms with Gasteiger partial charge in [0, 0.05) is 12.1 Å². The SMILES string of the molecule is CCC(CC1CC1)Nc1cc(SC)ncn1. The molecule has 1 fully saturated rings. The van der Waals surface area contributed by atoms with Gasteiger partial charge in [-0.15, -0.1) is 11.8 Å². The minimum absolute atomic E-state index is 0.567. The lowest BCUT2D eigenvalue weighted by Crippen LogP contribution is -2.19. The van der Waals surface area contributed by atoms with E-state index in [0.717, 1.165) is 23.2 Å². The van der Waals surface area contributed by atoms with Crippen molar-refractivity contribution < 1.29 is 0 Å². The third-order valence-electron chi connectivity index (χ3n) is 3.01. The summed E-state index contributed by atoms with van der Waals surface area (Å²) in [5.41, 5.74) is 0. The maximum absolute atomic E-state index is 4.27. The van der Waals surface area contributed by atoms with Gasteiger partial charge in [0.2, 0.25) is 0 Å². The van der Waals surface area contributed by atoms with E-state index in [0.29, 0.717) is 6.04 Å². The van der Waals surface area contributed by atoms with Crippen molar-refractivity contribution in [2.75, 3.05) is 11.6 Å². The smallest absolute Gasteiger partial charge is 0.130 e. The number of rotatable bonds is 6. The molecule has 1 aromatic rings. The molecular formula is C12H19N3S. The van der Waals surface area contributed by atoms with Crippen molar-refractivity contribution in [3.05, 3.63) is 12.4 Å². The van der Waals surface area contributed by atoms with Crippen molar-refractivity contribution >= 4 is 17.6 Å². The fourth-order valence-electron chi connectivity index (χ4n) is 1.82. The van der Waals surface area contributed by atoms with Crippen molar-refractivity contribution in [2.24, 2.45) is 5.92 Å². The summed E-state index contributed by atoms with van der Waals surface area (Å²) in [6.07, 6.45) is 8.95. The molecule has 0 aliphatic heterocycles. The van der Waals surface area contributed by atoms with Crippen LogP contribution >= 0.6 is 11.8 Å². The highest BCUT2D eigenvalue weighted by Crippen LogP contribution is 2.34. The van der Waals surface area contributed by atoms with Crippen LogP contribution in [0.2, 0.25) is 0 Å². The van der Waals surface area contributed by atoms with Crippen LogP contribution in [0, 0.1) is 5.92 Å². The zero-order valence-electron chi connectivity index (χ0n) is 9.94. The van der Waals surface area contributed by atoms with Gasteiger partial charge in [0.15, 0.2) is 0 Å². The largest absolute Gasteiger partial charge is 0.367 e. The molecule has 4 heteroatoms. The van der Waals surface area contributed by atoms with Crippen molar-refractivity contribution in [3.8, 4) is 0 Å². The van der Waals surface area contributed by atoms with Gasteiger partial charge in [0.05, 0.1) is 0 Å². The van der Waals surface area contributed by atoms with Crippen LogP contribution in [-0.4, -0.2) is 22.3 Å². The number of thioether (sulfide) groups is 1. The number of aromatic nitrogens is 2. The molecule has 1 atom stereocenters. The van der Waals surface area contributed by atoms with Crippen LogP contribution in [0.4, 0.5) is 5.82 Å². The summed E-state index contributed by atoms with van der Waals surface area (Å²) in [6, 6.07) is 2.59. The molecule has 3 nitrogen and oxygen atoms in total. The van der Waals surface area contributed by atoms with Gasteiger partial charge in [0.1, 0.15) is 17.2 Å². The second kappa shape index (κ2) is 5.53. The number of hydrogen-bond donors (Lipinski definition) is 1. The summed E-state index contributed by atoms with van der Waals surface area (Å²) < 4.78 is 0. The third kappa shape index (κ3) is 3.37. The van der Waals surface area contributed by atoms with Crippen LogP contribution in [0.3, 0.4) is 0 Å². The molecule has 0 amide bonds. The summed E-state index contributed by atoms with van der Waals surface area (Å²) in [5, 5.41) is 4.54. The Labute approximate surface area is 101 Å². The highest BCUT2D eigenvalue weighted by atomic mass is 32.2. The Bertz CT molecular complexity index is 339. The second-order valence-electron chi connectivity index (χ2n) is 4.37. The molecule has 0 radical (unpaired) electrons. The summed E-state index contributed by atoms with van der Waals surface area (Å²) in [5.74, 6) is 1.92. The van der Waals surface area contributed by atoms with Crippen LogP contribution in [0.15, 0.2) is 17.4 Å². The fraction of sp³-hybridized carbons (Fsp3) is 0.667. The molecule has 1 aliphatic rings. The zero-order valence-corrected chi connectivity index (χ0v) is 10.8. The molecule has 16 heavy (non-hydrogen) atoms. The number of anilines is 1. The molecule has 1 unspecified atom stereocenters. The van der Waals surface area contributed by atoms with E-state index in [-0.39, 0.29) is 0 Å². The van der Waals surface area contributed by atoms with Crippen LogP contribution in [-0.2, 0) is 0 Å². The Hall–Kier alpha value is -0.770. The van der Waals surface area contributed by atoms with E-state index in [1.807, 2.05) is 12.3 Å². The summed E-state index contributed by atoms with van der Waals surface area (Å²) >= 11 is 1.65. The van der Waals surface area contributed by atoms with Crippen molar-refractivity contribution in [3.63, 3.8) is 0 Å². The van der Waals surface area contributed by atoms with E-state index < -0.39 is 0 Å². The Kier molecular flexibility index (Phi) is 4.04. The molecule has 1 aromatic heterocycles. The molecule has 1 saturated carbocycles. The molecule has 88 valence electrons. The van der Waals surface area contributed by atoms with Crippen LogP contribution in [0.25, 0.3) is 0 Å². The highest BCUT2D eigenvalue weighted by Gasteiger charge is 2.24. The summed E-state index contributed by atoms with van der Waals surface area (Å²) in [4.78, 5) is 8.44. The normalized spacial score (nSPS) is 17.1. The average Bonchev–Trinajstić information content (AvgIpc) is 3.12. The Morgan fingerprint density at radius 1 is 1.50 bits per heavy atom. The third-order valence-corrected chi connectivity index (χ3v) is 3.65. The number of hydrogen-bond acceptors (Lipinski definition) is 4. The minimum atomic E-state index is 0.567. The molecule has 0 bridgehead atoms. The maximum Gasteiger partial charge on any atom is 0.130 e. The van der Waals surface area contributed by atoms with Crippen LogP contribution < -0.4 is 5.32 Å². The number of nitrogens with zero attached hydrogens (tertiary/aromatic N) is 2. The molecular weight excluding hydrogens is 218 g/mol. The minimum Gasteiger partial charge on any atom is -0.367 e. The van der Waals surface area contributed by atoms with Crippen molar-refractivity contribution in [1.82, 2.24) is 9.97 Å². The van der Waals surface area contributed by atoms with E-state index in [9.17, 15) is 0 Å². The van der Waals surface area contributed by atoms with Gasteiger partial charge in [-0.3, -0.25) is 0 Å². The van der Waals surface area contributed by atoms with E-state index in [1.54, 1.807) is 18.1 Å². The standard InChI is InChI=1S/C12H19N3S/c1-3-10(6-9-4-5-9)15-11-7-12(16-2)14-8-13-11/h7-10H,3-6H2,1-2H3,(H,13,14,15). The first-order chi connectivity index (χ1) is 7.81. The first kappa shape index (κ1) is 11.7. The van der Waals surface area contributed by atoms with E-state index >= 15 is 0 Å². The van der Waals surface area contributed by atoms with E-state index in [4.69, 9.17) is 0 Å². The van der Waals surface area contributed by atoms with Gasteiger partial charge in [-0.05, 0) is 25.0 Å². The van der Waals surface area contributed by atoms with Crippen LogP contribution in [0.1, 0.15) is 32.6 Å². The summed E-state index contributed by atoms with van der Waals surface area (Å²) in [7, 11) is 0. The molecule has 1 N–H and O–H groups in total. The Morgan fingerprint density at radius 2 is 2.31 bits per heavy atom. The van der Waals surface area contributed by atoms with Gasteiger partial charge in [0.25, 0.3) is 0 Å². The van der Waals surface area contributed by atoms with Gasteiger partial charge < -0.3 is 5.32 Å².